The maximum Gasteiger partial charge on any atom is 0.407 e. The van der Waals surface area contributed by atoms with Crippen LogP contribution in [0.15, 0.2) is 65.8 Å². The number of ether oxygens (including phenoxy) is 8. The number of aliphatic hydroxyl groups excluding tert-OH is 1. The van der Waals surface area contributed by atoms with Gasteiger partial charge in [0.1, 0.15) is 31.0 Å². The van der Waals surface area contributed by atoms with Crippen molar-refractivity contribution in [3.8, 4) is 0 Å². The average molecular weight is 816 g/mol. The molecule has 3 saturated heterocycles. The Kier molecular flexibility index (Phi) is 15.9. The maximum atomic E-state index is 13.4. The fourth-order valence-corrected chi connectivity index (χ4v) is 6.66. The number of carbonyl (C=O) groups is 2. The van der Waals surface area contributed by atoms with Crippen LogP contribution in [-0.4, -0.2) is 103 Å². The van der Waals surface area contributed by atoms with Gasteiger partial charge in [-0.1, -0.05) is 109 Å². The van der Waals surface area contributed by atoms with Crippen LogP contribution in [0.4, 0.5) is 4.79 Å². The van der Waals surface area contributed by atoms with Crippen molar-refractivity contribution < 1.29 is 52.6 Å². The number of amides is 1. The molecule has 0 aromatic heterocycles. The van der Waals surface area contributed by atoms with Crippen LogP contribution in [0.2, 0.25) is 0 Å². The van der Waals surface area contributed by atoms with Crippen molar-refractivity contribution in [1.29, 1.82) is 0 Å². The first-order chi connectivity index (χ1) is 26.0. The van der Waals surface area contributed by atoms with Crippen molar-refractivity contribution in [2.75, 3.05) is 26.4 Å². The molecule has 3 aliphatic heterocycles. The predicted octanol–water partition coefficient (Wildman–Crippen LogP) is 6.53. The molecule has 3 fully saturated rings. The molecule has 0 saturated carbocycles. The second-order valence-corrected chi connectivity index (χ2v) is 15.6. The molecule has 15 nitrogen and oxygen atoms in total. The molecule has 3 aliphatic rings. The number of alkyl halides is 3. The first-order valence-corrected chi connectivity index (χ1v) is 19.0. The summed E-state index contributed by atoms with van der Waals surface area (Å²) in [7, 11) is 0. The lowest BCUT2D eigenvalue weighted by molar-refractivity contribution is -0.362. The molecule has 1 amide bonds. The molecule has 3 heterocycles. The zero-order valence-electron chi connectivity index (χ0n) is 29.8. The Morgan fingerprint density at radius 1 is 1.02 bits per heavy atom. The molecule has 5 rings (SSSR count). The number of unbranched alkanes of at least 4 members (excludes halogenated alkanes) is 2. The van der Waals surface area contributed by atoms with Gasteiger partial charge < -0.3 is 48.3 Å². The minimum absolute atomic E-state index is 0.0616. The number of benzene rings is 2. The molecule has 18 heteroatoms. The lowest BCUT2D eigenvalue weighted by Crippen LogP contribution is -2.68. The number of halogens is 3. The number of nitrogens with one attached hydrogen (secondary N) is 1. The van der Waals surface area contributed by atoms with Crippen LogP contribution in [0.25, 0.3) is 10.4 Å². The first-order valence-electron chi connectivity index (χ1n) is 17.8. The Labute approximate surface area is 328 Å². The van der Waals surface area contributed by atoms with Gasteiger partial charge in [-0.25, -0.2) is 9.59 Å². The van der Waals surface area contributed by atoms with Crippen LogP contribution in [0.3, 0.4) is 0 Å². The summed E-state index contributed by atoms with van der Waals surface area (Å²) >= 11 is 17.6. The zero-order valence-corrected chi connectivity index (χ0v) is 32.1. The molecule has 11 atom stereocenters. The van der Waals surface area contributed by atoms with E-state index in [1.54, 1.807) is 37.3 Å². The number of aliphatic hydroxyl groups is 1. The number of fused-ring (bicyclic) bond motifs is 1. The molecule has 2 N–H and O–H groups in total. The molecule has 296 valence electrons. The van der Waals surface area contributed by atoms with E-state index < -0.39 is 89.9 Å². The predicted molar refractivity (Wildman–Crippen MR) is 196 cm³/mol. The Morgan fingerprint density at radius 3 is 2.43 bits per heavy atom. The normalized spacial score (nSPS) is 30.0. The van der Waals surface area contributed by atoms with E-state index in [9.17, 15) is 14.7 Å². The summed E-state index contributed by atoms with van der Waals surface area (Å²) in [5.74, 6) is -1.13. The topological polar surface area (TPSA) is 189 Å². The van der Waals surface area contributed by atoms with E-state index in [0.717, 1.165) is 5.56 Å². The number of carbonyl (C=O) groups excluding carboxylic acids is 2. The maximum absolute atomic E-state index is 13.4. The number of alkyl carbamates (subject to hydrolysis) is 1. The van der Waals surface area contributed by atoms with Gasteiger partial charge in [0.25, 0.3) is 0 Å². The van der Waals surface area contributed by atoms with Crippen LogP contribution in [-0.2, 0) is 37.9 Å². The van der Waals surface area contributed by atoms with Crippen LogP contribution >= 0.6 is 34.8 Å². The van der Waals surface area contributed by atoms with Crippen molar-refractivity contribution in [2.24, 2.45) is 11.0 Å². The third-order valence-electron chi connectivity index (χ3n) is 9.25. The van der Waals surface area contributed by atoms with Gasteiger partial charge in [0.2, 0.25) is 3.79 Å². The van der Waals surface area contributed by atoms with Crippen LogP contribution in [0.1, 0.15) is 61.7 Å². The summed E-state index contributed by atoms with van der Waals surface area (Å²) in [5.41, 5.74) is 9.62. The number of esters is 1. The Morgan fingerprint density at radius 2 is 1.74 bits per heavy atom. The molecule has 54 heavy (non-hydrogen) atoms. The van der Waals surface area contributed by atoms with Gasteiger partial charge in [0, 0.05) is 29.5 Å². The van der Waals surface area contributed by atoms with Crippen molar-refractivity contribution in [3.05, 3.63) is 82.2 Å². The van der Waals surface area contributed by atoms with Gasteiger partial charge in [-0.15, -0.1) is 0 Å². The number of rotatable bonds is 16. The second-order valence-electron chi connectivity index (χ2n) is 13.1. The molecule has 7 unspecified atom stereocenters. The third-order valence-corrected chi connectivity index (χ3v) is 9.57. The van der Waals surface area contributed by atoms with Crippen LogP contribution in [0.5, 0.6) is 0 Å². The molecule has 0 radical (unpaired) electrons. The molecule has 2 aromatic rings. The monoisotopic (exact) mass is 814 g/mol. The van der Waals surface area contributed by atoms with E-state index >= 15 is 0 Å². The van der Waals surface area contributed by atoms with Crippen LogP contribution < -0.4 is 5.32 Å². The van der Waals surface area contributed by atoms with Gasteiger partial charge in [0.15, 0.2) is 25.0 Å². The number of azide groups is 1. The van der Waals surface area contributed by atoms with Gasteiger partial charge in [-0.05, 0) is 36.9 Å². The minimum atomic E-state index is -1.89. The Hall–Kier alpha value is -2.92. The Balaban J connectivity index is 1.47. The number of nitrogens with zero attached hydrogens (tertiary/aromatic N) is 3. The van der Waals surface area contributed by atoms with Crippen molar-refractivity contribution in [2.45, 2.75) is 105 Å². The standard InChI is InChI=1S/C36H45Cl3N4O11/c1-3-24(44)27-21(2)28(51-31(45)22-13-7-4-8-14-22)34(52-27)54-30-26(42-35(46)49-20-36(37,38)39)33(47-18-12-6-11-17-41-43-40)50-25-19-48-32(53-29(25)30)23-15-9-5-10-16-23/h4-5,7-10,13-16,21,24-30,32-34,44H,3,6,11-12,17-20H2,1-2H3,(H,42,46)/t21-,24-,25?,26?,27-,28?,29?,30?,32?,33?,34+/m1/s1. The molecule has 0 spiro atoms. The molecular formula is C36H45Cl3N4O11. The summed E-state index contributed by atoms with van der Waals surface area (Å²) in [6.45, 7) is 3.64. The fourth-order valence-electron chi connectivity index (χ4n) is 6.50. The molecule has 0 aliphatic carbocycles. The summed E-state index contributed by atoms with van der Waals surface area (Å²) < 4.78 is 47.7. The van der Waals surface area contributed by atoms with E-state index in [-0.39, 0.29) is 13.2 Å². The largest absolute Gasteiger partial charge is 0.453 e. The molecule has 2 aromatic carbocycles. The van der Waals surface area contributed by atoms with Gasteiger partial charge in [0.05, 0.1) is 24.4 Å². The van der Waals surface area contributed by atoms with E-state index in [2.05, 4.69) is 15.3 Å². The molecular weight excluding hydrogens is 771 g/mol. The number of hydrogen-bond donors (Lipinski definition) is 2. The van der Waals surface area contributed by atoms with E-state index in [1.165, 1.54) is 0 Å². The highest BCUT2D eigenvalue weighted by Gasteiger charge is 2.56. The zero-order chi connectivity index (χ0) is 38.7. The SMILES string of the molecule is CC[C@@H](O)[C@@H]1O[C@@H](OC2C(NC(=O)OCC(Cl)(Cl)Cl)C(OCCCCCN=[N+]=[N-])OC3COC(c4ccccc4)OC32)C(OC(=O)c2ccccc2)[C@@H]1C. The van der Waals surface area contributed by atoms with Gasteiger partial charge >= 0.3 is 12.1 Å². The minimum Gasteiger partial charge on any atom is -0.453 e. The van der Waals surface area contributed by atoms with E-state index in [0.29, 0.717) is 37.8 Å². The summed E-state index contributed by atoms with van der Waals surface area (Å²) in [6.07, 6.45) is -7.37. The van der Waals surface area contributed by atoms with Crippen molar-refractivity contribution in [1.82, 2.24) is 5.32 Å². The highest BCUT2D eigenvalue weighted by molar-refractivity contribution is 6.67. The lowest BCUT2D eigenvalue weighted by Gasteiger charge is -2.49. The second kappa shape index (κ2) is 20.3. The van der Waals surface area contributed by atoms with E-state index in [4.69, 9.17) is 78.2 Å². The van der Waals surface area contributed by atoms with Crippen molar-refractivity contribution in [3.63, 3.8) is 0 Å². The average Bonchev–Trinajstić information content (AvgIpc) is 3.48. The Bertz CT molecular complexity index is 1540. The quantitative estimate of drug-likeness (QED) is 0.0468. The molecule has 0 bridgehead atoms. The van der Waals surface area contributed by atoms with Gasteiger partial charge in [-0.2, -0.15) is 0 Å². The van der Waals surface area contributed by atoms with E-state index in [1.807, 2.05) is 37.3 Å². The third kappa shape index (κ3) is 11.6. The first kappa shape index (κ1) is 42.2. The summed E-state index contributed by atoms with van der Waals surface area (Å²) in [6, 6.07) is 16.6. The number of hydrogen-bond acceptors (Lipinski definition) is 12. The van der Waals surface area contributed by atoms with Gasteiger partial charge in [-0.3, -0.25) is 0 Å². The lowest BCUT2D eigenvalue weighted by atomic mass is 9.94. The van der Waals surface area contributed by atoms with Crippen molar-refractivity contribution >= 4 is 46.9 Å². The highest BCUT2D eigenvalue weighted by atomic mass is 35.6. The summed E-state index contributed by atoms with van der Waals surface area (Å²) in [4.78, 5) is 29.5. The smallest absolute Gasteiger partial charge is 0.407 e. The summed E-state index contributed by atoms with van der Waals surface area (Å²) in [5, 5.41) is 17.3. The highest BCUT2D eigenvalue weighted by Crippen LogP contribution is 2.40. The fraction of sp³-hybridized carbons (Fsp3) is 0.611. The van der Waals surface area contributed by atoms with Crippen LogP contribution in [0, 0.1) is 5.92 Å².